The monoisotopic (exact) mass is 296 g/mol. The van der Waals surface area contributed by atoms with Gasteiger partial charge in [-0.2, -0.15) is 5.21 Å². The van der Waals surface area contributed by atoms with E-state index in [4.69, 9.17) is 0 Å². The Bertz CT molecular complexity index is 779. The van der Waals surface area contributed by atoms with Crippen LogP contribution in [0.3, 0.4) is 0 Å². The maximum Gasteiger partial charge on any atom is 0.269 e. The number of carbonyl (C=O) groups excluding carboxylic acids is 2. The van der Waals surface area contributed by atoms with E-state index in [2.05, 4.69) is 30.6 Å². The summed E-state index contributed by atoms with van der Waals surface area (Å²) < 4.78 is 0. The third-order valence-electron chi connectivity index (χ3n) is 3.07. The van der Waals surface area contributed by atoms with Crippen LogP contribution < -0.4 is 0 Å². The van der Waals surface area contributed by atoms with Crippen LogP contribution in [0.5, 0.6) is 0 Å². The molecule has 3 aromatic heterocycles. The molecule has 0 bridgehead atoms. The first-order valence-corrected chi connectivity index (χ1v) is 6.59. The van der Waals surface area contributed by atoms with Gasteiger partial charge in [-0.1, -0.05) is 6.07 Å². The number of nitrogens with zero attached hydrogens (tertiary/aromatic N) is 4. The molecule has 0 radical (unpaired) electrons. The van der Waals surface area contributed by atoms with Crippen LogP contribution in [-0.2, 0) is 17.6 Å². The number of aromatic nitrogens is 6. The second-order valence-electron chi connectivity index (χ2n) is 4.70. The van der Waals surface area contributed by atoms with E-state index in [-0.39, 0.29) is 12.2 Å². The quantitative estimate of drug-likeness (QED) is 0.505. The van der Waals surface area contributed by atoms with Gasteiger partial charge in [0.25, 0.3) is 5.78 Å². The molecular weight excluding hydrogens is 284 g/mol. The van der Waals surface area contributed by atoms with Gasteiger partial charge in [0.2, 0.25) is 11.6 Å². The number of carbonyl (C=O) groups is 2. The number of H-pyrrole nitrogens is 2. The van der Waals surface area contributed by atoms with Crippen molar-refractivity contribution in [3.63, 3.8) is 0 Å². The van der Waals surface area contributed by atoms with Crippen molar-refractivity contribution in [1.29, 1.82) is 0 Å². The second-order valence-corrected chi connectivity index (χ2v) is 4.70. The first-order valence-electron chi connectivity index (χ1n) is 6.59. The molecule has 0 aliphatic carbocycles. The van der Waals surface area contributed by atoms with Gasteiger partial charge in [0.1, 0.15) is 0 Å². The minimum atomic E-state index is -0.749. The van der Waals surface area contributed by atoms with Gasteiger partial charge in [0.05, 0.1) is 0 Å². The Hall–Kier alpha value is -3.16. The van der Waals surface area contributed by atoms with E-state index in [1.165, 1.54) is 0 Å². The Morgan fingerprint density at radius 3 is 2.86 bits per heavy atom. The SMILES string of the molecule is O=C(Cc1c[nH]c(Cc2ccccn2)c1)C(=O)c1nn[nH]n1. The third kappa shape index (κ3) is 3.11. The number of hydrogen-bond donors (Lipinski definition) is 2. The van der Waals surface area contributed by atoms with Crippen molar-refractivity contribution in [2.75, 3.05) is 0 Å². The standard InChI is InChI=1S/C14H12N6O2/c21-12(13(22)14-17-19-20-18-14)6-9-5-11(16-8-9)7-10-3-1-2-4-15-10/h1-5,8,16H,6-7H2,(H,17,18,19,20). The molecule has 0 amide bonds. The molecule has 0 aliphatic heterocycles. The predicted molar refractivity (Wildman–Crippen MR) is 75.1 cm³/mol. The van der Waals surface area contributed by atoms with Crippen LogP contribution in [-0.4, -0.2) is 42.2 Å². The van der Waals surface area contributed by atoms with Gasteiger partial charge in [-0.3, -0.25) is 14.6 Å². The fourth-order valence-corrected chi connectivity index (χ4v) is 2.04. The van der Waals surface area contributed by atoms with Crippen molar-refractivity contribution < 1.29 is 9.59 Å². The Labute approximate surface area is 125 Å². The summed E-state index contributed by atoms with van der Waals surface area (Å²) in [6.45, 7) is 0. The highest BCUT2D eigenvalue weighted by atomic mass is 16.2. The number of hydrogen-bond acceptors (Lipinski definition) is 6. The number of ketones is 2. The molecule has 0 saturated heterocycles. The van der Waals surface area contributed by atoms with Gasteiger partial charge < -0.3 is 4.98 Å². The summed E-state index contributed by atoms with van der Waals surface area (Å²) in [6.07, 6.45) is 4.06. The van der Waals surface area contributed by atoms with E-state index < -0.39 is 11.6 Å². The molecule has 0 spiro atoms. The van der Waals surface area contributed by atoms with Crippen molar-refractivity contribution in [2.45, 2.75) is 12.8 Å². The number of pyridine rings is 1. The van der Waals surface area contributed by atoms with Crippen LogP contribution in [0, 0.1) is 0 Å². The van der Waals surface area contributed by atoms with Crippen molar-refractivity contribution in [1.82, 2.24) is 30.6 Å². The van der Waals surface area contributed by atoms with Crippen LogP contribution in [0.2, 0.25) is 0 Å². The lowest BCUT2D eigenvalue weighted by molar-refractivity contribution is -0.114. The number of Topliss-reactive ketones (excluding diaryl/α,β-unsaturated/α-hetero) is 2. The van der Waals surface area contributed by atoms with Crippen LogP contribution in [0.15, 0.2) is 36.7 Å². The van der Waals surface area contributed by atoms with Crippen molar-refractivity contribution in [3.05, 3.63) is 59.4 Å². The molecule has 0 saturated carbocycles. The zero-order valence-electron chi connectivity index (χ0n) is 11.5. The minimum Gasteiger partial charge on any atom is -0.364 e. The highest BCUT2D eigenvalue weighted by Gasteiger charge is 2.21. The molecule has 110 valence electrons. The first-order chi connectivity index (χ1) is 10.7. The molecule has 8 heteroatoms. The Morgan fingerprint density at radius 2 is 2.14 bits per heavy atom. The van der Waals surface area contributed by atoms with Crippen LogP contribution in [0.25, 0.3) is 0 Å². The number of tetrazole rings is 1. The minimum absolute atomic E-state index is 0.00785. The summed E-state index contributed by atoms with van der Waals surface area (Å²) in [4.78, 5) is 31.0. The molecule has 0 fully saturated rings. The highest BCUT2D eigenvalue weighted by molar-refractivity contribution is 6.43. The average Bonchev–Trinajstić information content (AvgIpc) is 3.19. The maximum absolute atomic E-state index is 11.9. The van der Waals surface area contributed by atoms with Gasteiger partial charge in [0.15, 0.2) is 0 Å². The zero-order chi connectivity index (χ0) is 15.4. The summed E-state index contributed by atoms with van der Waals surface area (Å²) in [5, 5.41) is 12.4. The lowest BCUT2D eigenvalue weighted by Gasteiger charge is -1.96. The lowest BCUT2D eigenvalue weighted by atomic mass is 10.1. The molecule has 0 aromatic carbocycles. The second kappa shape index (κ2) is 6.08. The summed E-state index contributed by atoms with van der Waals surface area (Å²) >= 11 is 0. The van der Waals surface area contributed by atoms with Gasteiger partial charge in [-0.05, 0) is 29.0 Å². The molecule has 0 aliphatic rings. The number of nitrogens with one attached hydrogen (secondary N) is 2. The van der Waals surface area contributed by atoms with Gasteiger partial charge in [0, 0.05) is 36.6 Å². The molecular formula is C14H12N6O2. The van der Waals surface area contributed by atoms with E-state index in [9.17, 15) is 9.59 Å². The summed E-state index contributed by atoms with van der Waals surface area (Å²) in [7, 11) is 0. The fraction of sp³-hybridized carbons (Fsp3) is 0.143. The Balaban J connectivity index is 1.64. The van der Waals surface area contributed by atoms with E-state index in [0.29, 0.717) is 6.42 Å². The Kier molecular flexibility index (Phi) is 3.82. The first kappa shape index (κ1) is 13.8. The zero-order valence-corrected chi connectivity index (χ0v) is 11.5. The lowest BCUT2D eigenvalue weighted by Crippen LogP contribution is -2.18. The summed E-state index contributed by atoms with van der Waals surface area (Å²) in [5.41, 5.74) is 2.58. The maximum atomic E-state index is 11.9. The molecule has 0 atom stereocenters. The number of aromatic amines is 2. The topological polar surface area (TPSA) is 117 Å². The van der Waals surface area contributed by atoms with E-state index in [1.54, 1.807) is 12.4 Å². The summed E-state index contributed by atoms with van der Waals surface area (Å²) in [6, 6.07) is 7.53. The van der Waals surface area contributed by atoms with Gasteiger partial charge in [-0.25, -0.2) is 0 Å². The molecule has 8 nitrogen and oxygen atoms in total. The average molecular weight is 296 g/mol. The molecule has 3 heterocycles. The van der Waals surface area contributed by atoms with E-state index in [1.807, 2.05) is 24.3 Å². The smallest absolute Gasteiger partial charge is 0.269 e. The van der Waals surface area contributed by atoms with Crippen molar-refractivity contribution >= 4 is 11.6 Å². The summed E-state index contributed by atoms with van der Waals surface area (Å²) in [5.74, 6) is -1.54. The van der Waals surface area contributed by atoms with Crippen molar-refractivity contribution in [2.24, 2.45) is 0 Å². The third-order valence-corrected chi connectivity index (χ3v) is 3.07. The van der Waals surface area contributed by atoms with Crippen LogP contribution >= 0.6 is 0 Å². The normalized spacial score (nSPS) is 10.5. The van der Waals surface area contributed by atoms with Crippen LogP contribution in [0.4, 0.5) is 0 Å². The van der Waals surface area contributed by atoms with Gasteiger partial charge >= 0.3 is 0 Å². The highest BCUT2D eigenvalue weighted by Crippen LogP contribution is 2.10. The molecule has 3 rings (SSSR count). The van der Waals surface area contributed by atoms with Gasteiger partial charge in [-0.15, -0.1) is 10.2 Å². The van der Waals surface area contributed by atoms with Crippen LogP contribution in [0.1, 0.15) is 27.6 Å². The largest absolute Gasteiger partial charge is 0.364 e. The Morgan fingerprint density at radius 1 is 1.23 bits per heavy atom. The molecule has 3 aromatic rings. The molecule has 2 N–H and O–H groups in total. The molecule has 22 heavy (non-hydrogen) atoms. The van der Waals surface area contributed by atoms with E-state index >= 15 is 0 Å². The van der Waals surface area contributed by atoms with Crippen molar-refractivity contribution in [3.8, 4) is 0 Å². The predicted octanol–water partition coefficient (Wildman–Crippen LogP) is 0.508. The number of rotatable bonds is 6. The van der Waals surface area contributed by atoms with E-state index in [0.717, 1.165) is 17.0 Å². The fourth-order valence-electron chi connectivity index (χ4n) is 2.04. The molecule has 0 unspecified atom stereocenters.